The molecule has 2 N–H and O–H groups in total. The highest BCUT2D eigenvalue weighted by molar-refractivity contribution is 5.97. The third-order valence-electron chi connectivity index (χ3n) is 3.82. The molecule has 0 spiro atoms. The Bertz CT molecular complexity index is 988. The van der Waals surface area contributed by atoms with Gasteiger partial charge in [0.15, 0.2) is 5.82 Å². The summed E-state index contributed by atoms with van der Waals surface area (Å²) in [5.41, 5.74) is 2.55. The highest BCUT2D eigenvalue weighted by Crippen LogP contribution is 2.14. The van der Waals surface area contributed by atoms with Gasteiger partial charge in [0.2, 0.25) is 0 Å². The molecule has 118 valence electrons. The lowest BCUT2D eigenvalue weighted by atomic mass is 10.1. The van der Waals surface area contributed by atoms with Gasteiger partial charge in [-0.05, 0) is 47.3 Å². The summed E-state index contributed by atoms with van der Waals surface area (Å²) in [7, 11) is 0. The number of nitrogens with one attached hydrogen (secondary N) is 2. The number of rotatable bonds is 4. The molecule has 0 aliphatic rings. The second-order valence-electron chi connectivity index (χ2n) is 5.44. The molecule has 0 fully saturated rings. The number of nitrogens with zero attached hydrogens (tertiary/aromatic N) is 3. The van der Waals surface area contributed by atoms with Crippen LogP contribution in [-0.4, -0.2) is 25.7 Å². The zero-order chi connectivity index (χ0) is 16.4. The van der Waals surface area contributed by atoms with Crippen molar-refractivity contribution in [2.75, 3.05) is 0 Å². The highest BCUT2D eigenvalue weighted by atomic mass is 16.1. The molecule has 6 nitrogen and oxygen atoms in total. The van der Waals surface area contributed by atoms with Crippen molar-refractivity contribution in [2.24, 2.45) is 0 Å². The van der Waals surface area contributed by atoms with Crippen molar-refractivity contribution in [3.8, 4) is 5.82 Å². The molecule has 0 bridgehead atoms. The van der Waals surface area contributed by atoms with Crippen molar-refractivity contribution in [3.63, 3.8) is 0 Å². The molecule has 1 aromatic carbocycles. The van der Waals surface area contributed by atoms with Crippen LogP contribution in [0.4, 0.5) is 0 Å². The third-order valence-corrected chi connectivity index (χ3v) is 3.82. The fraction of sp³-hybridized carbons (Fsp3) is 0.0556. The number of benzene rings is 1. The van der Waals surface area contributed by atoms with Gasteiger partial charge in [-0.25, -0.2) is 9.67 Å². The lowest BCUT2D eigenvalue weighted by Gasteiger charge is -2.07. The monoisotopic (exact) mass is 317 g/mol. The molecule has 4 rings (SSSR count). The van der Waals surface area contributed by atoms with Crippen LogP contribution in [0.5, 0.6) is 0 Å². The van der Waals surface area contributed by atoms with Crippen LogP contribution in [0, 0.1) is 0 Å². The summed E-state index contributed by atoms with van der Waals surface area (Å²) in [5, 5.41) is 8.18. The summed E-state index contributed by atoms with van der Waals surface area (Å²) >= 11 is 0. The Balaban J connectivity index is 1.48. The fourth-order valence-electron chi connectivity index (χ4n) is 2.57. The number of pyridine rings is 1. The Morgan fingerprint density at radius 3 is 3.00 bits per heavy atom. The minimum absolute atomic E-state index is 0.107. The molecule has 0 aliphatic carbocycles. The molecular formula is C18H15N5O. The summed E-state index contributed by atoms with van der Waals surface area (Å²) in [4.78, 5) is 19.7. The highest BCUT2D eigenvalue weighted by Gasteiger charge is 2.07. The molecular weight excluding hydrogens is 302 g/mol. The van der Waals surface area contributed by atoms with Crippen molar-refractivity contribution in [3.05, 3.63) is 78.4 Å². The van der Waals surface area contributed by atoms with E-state index in [1.807, 2.05) is 54.9 Å². The normalized spacial score (nSPS) is 10.8. The number of H-pyrrole nitrogens is 1. The van der Waals surface area contributed by atoms with Gasteiger partial charge < -0.3 is 10.3 Å². The fourth-order valence-corrected chi connectivity index (χ4v) is 2.57. The minimum Gasteiger partial charge on any atom is -0.361 e. The van der Waals surface area contributed by atoms with Crippen LogP contribution in [0.3, 0.4) is 0 Å². The Kier molecular flexibility index (Phi) is 3.55. The first-order chi connectivity index (χ1) is 11.8. The molecule has 3 aromatic heterocycles. The van der Waals surface area contributed by atoms with Crippen LogP contribution < -0.4 is 5.32 Å². The average Bonchev–Trinajstić information content (AvgIpc) is 3.30. The van der Waals surface area contributed by atoms with Crippen molar-refractivity contribution < 1.29 is 4.79 Å². The van der Waals surface area contributed by atoms with Gasteiger partial charge in [0.25, 0.3) is 5.91 Å². The standard InChI is InChI=1S/C18H15N5O/c24-18(15-3-2-14-5-8-19-16(14)11-15)21-12-13-4-7-20-17(10-13)23-9-1-6-22-23/h1-11,19H,12H2,(H,21,24). The first-order valence-corrected chi connectivity index (χ1v) is 7.60. The van der Waals surface area contributed by atoms with Gasteiger partial charge in [-0.15, -0.1) is 0 Å². The number of fused-ring (bicyclic) bond motifs is 1. The Hall–Kier alpha value is -3.41. The third kappa shape index (κ3) is 2.77. The number of carbonyl (C=O) groups excluding carboxylic acids is 1. The molecule has 3 heterocycles. The maximum absolute atomic E-state index is 12.3. The van der Waals surface area contributed by atoms with E-state index in [1.165, 1.54) is 0 Å². The van der Waals surface area contributed by atoms with Gasteiger partial charge in [-0.3, -0.25) is 4.79 Å². The quantitative estimate of drug-likeness (QED) is 0.607. The summed E-state index contributed by atoms with van der Waals surface area (Å²) in [6, 6.07) is 13.2. The molecule has 0 unspecified atom stereocenters. The minimum atomic E-state index is -0.107. The summed E-state index contributed by atoms with van der Waals surface area (Å²) < 4.78 is 1.69. The van der Waals surface area contributed by atoms with E-state index in [0.717, 1.165) is 22.3 Å². The number of carbonyl (C=O) groups is 1. The van der Waals surface area contributed by atoms with E-state index in [4.69, 9.17) is 0 Å². The van der Waals surface area contributed by atoms with Gasteiger partial charge in [-0.2, -0.15) is 5.10 Å². The lowest BCUT2D eigenvalue weighted by Crippen LogP contribution is -2.22. The van der Waals surface area contributed by atoms with Crippen molar-refractivity contribution >= 4 is 16.8 Å². The second-order valence-corrected chi connectivity index (χ2v) is 5.44. The topological polar surface area (TPSA) is 75.6 Å². The van der Waals surface area contributed by atoms with E-state index in [-0.39, 0.29) is 5.91 Å². The smallest absolute Gasteiger partial charge is 0.251 e. The largest absolute Gasteiger partial charge is 0.361 e. The van der Waals surface area contributed by atoms with E-state index in [0.29, 0.717) is 12.1 Å². The molecule has 0 aliphatic heterocycles. The van der Waals surface area contributed by atoms with Crippen LogP contribution in [0.25, 0.3) is 16.7 Å². The van der Waals surface area contributed by atoms with Crippen molar-refractivity contribution in [1.29, 1.82) is 0 Å². The second kappa shape index (κ2) is 6.00. The lowest BCUT2D eigenvalue weighted by molar-refractivity contribution is 0.0951. The van der Waals surface area contributed by atoms with E-state index in [2.05, 4.69) is 20.4 Å². The van der Waals surface area contributed by atoms with Crippen LogP contribution in [0.15, 0.2) is 67.3 Å². The first-order valence-electron chi connectivity index (χ1n) is 7.60. The predicted octanol–water partition coefficient (Wildman–Crippen LogP) is 2.68. The van der Waals surface area contributed by atoms with Gasteiger partial charge in [0, 0.05) is 42.4 Å². The summed E-state index contributed by atoms with van der Waals surface area (Å²) in [6.45, 7) is 0.429. The molecule has 24 heavy (non-hydrogen) atoms. The van der Waals surface area contributed by atoms with E-state index in [9.17, 15) is 4.79 Å². The molecule has 0 radical (unpaired) electrons. The molecule has 0 saturated carbocycles. The Morgan fingerprint density at radius 1 is 1.17 bits per heavy atom. The summed E-state index contributed by atoms with van der Waals surface area (Å²) in [5.74, 6) is 0.614. The maximum atomic E-state index is 12.3. The van der Waals surface area contributed by atoms with Crippen LogP contribution in [0.2, 0.25) is 0 Å². The van der Waals surface area contributed by atoms with Gasteiger partial charge in [0.1, 0.15) is 0 Å². The number of hydrogen-bond acceptors (Lipinski definition) is 3. The number of amides is 1. The van der Waals surface area contributed by atoms with Crippen LogP contribution >= 0.6 is 0 Å². The van der Waals surface area contributed by atoms with E-state index >= 15 is 0 Å². The van der Waals surface area contributed by atoms with Gasteiger partial charge in [0.05, 0.1) is 0 Å². The van der Waals surface area contributed by atoms with E-state index in [1.54, 1.807) is 17.1 Å². The zero-order valence-electron chi connectivity index (χ0n) is 12.8. The molecule has 0 saturated heterocycles. The van der Waals surface area contributed by atoms with Crippen molar-refractivity contribution in [1.82, 2.24) is 25.1 Å². The molecule has 1 amide bonds. The number of aromatic nitrogens is 4. The van der Waals surface area contributed by atoms with E-state index < -0.39 is 0 Å². The number of aromatic amines is 1. The average molecular weight is 317 g/mol. The SMILES string of the molecule is O=C(NCc1ccnc(-n2cccn2)c1)c1ccc2cc[nH]c2c1. The molecule has 6 heteroatoms. The van der Waals surface area contributed by atoms with Crippen LogP contribution in [0.1, 0.15) is 15.9 Å². The predicted molar refractivity (Wildman–Crippen MR) is 90.8 cm³/mol. The van der Waals surface area contributed by atoms with Gasteiger partial charge >= 0.3 is 0 Å². The van der Waals surface area contributed by atoms with Crippen LogP contribution in [-0.2, 0) is 6.54 Å². The molecule has 0 atom stereocenters. The van der Waals surface area contributed by atoms with Gasteiger partial charge in [-0.1, -0.05) is 6.07 Å². The Morgan fingerprint density at radius 2 is 2.12 bits per heavy atom. The summed E-state index contributed by atoms with van der Waals surface area (Å²) in [6.07, 6.45) is 7.10. The first kappa shape index (κ1) is 14.2. The Labute approximate surface area is 138 Å². The molecule has 4 aromatic rings. The maximum Gasteiger partial charge on any atom is 0.251 e. The zero-order valence-corrected chi connectivity index (χ0v) is 12.8. The number of hydrogen-bond donors (Lipinski definition) is 2. The van der Waals surface area contributed by atoms with Crippen molar-refractivity contribution in [2.45, 2.75) is 6.54 Å².